The van der Waals surface area contributed by atoms with Crippen LogP contribution >= 0.6 is 11.6 Å². The largest absolute Gasteiger partial charge is 0.497 e. The zero-order valence-corrected chi connectivity index (χ0v) is 15.0. The number of benzene rings is 2. The summed E-state index contributed by atoms with van der Waals surface area (Å²) in [4.78, 5) is 11.8. The number of nitrogens with zero attached hydrogens (tertiary/aromatic N) is 3. The van der Waals surface area contributed by atoms with Crippen LogP contribution in [0.5, 0.6) is 5.75 Å². The first-order valence-corrected chi connectivity index (χ1v) is 8.98. The van der Waals surface area contributed by atoms with Crippen molar-refractivity contribution in [1.82, 2.24) is 9.97 Å². The van der Waals surface area contributed by atoms with Crippen molar-refractivity contribution in [2.75, 3.05) is 25.1 Å². The zero-order valence-electron chi connectivity index (χ0n) is 14.2. The van der Waals surface area contributed by atoms with Crippen LogP contribution in [0.2, 0.25) is 5.02 Å². The smallest absolute Gasteiger partial charge is 0.147 e. The third kappa shape index (κ3) is 3.27. The van der Waals surface area contributed by atoms with Crippen LogP contribution in [0, 0.1) is 0 Å². The minimum Gasteiger partial charge on any atom is -0.497 e. The Bertz CT molecular complexity index is 907. The second kappa shape index (κ2) is 6.89. The summed E-state index contributed by atoms with van der Waals surface area (Å²) in [5.41, 5.74) is 3.73. The summed E-state index contributed by atoms with van der Waals surface area (Å²) in [7, 11) is 1.66. The number of aromatic nitrogens is 2. The molecule has 0 N–H and O–H groups in total. The number of hydrogen-bond acceptors (Lipinski definition) is 4. The molecule has 1 aromatic heterocycles. The lowest BCUT2D eigenvalue weighted by molar-refractivity contribution is 0.415. The fourth-order valence-electron chi connectivity index (χ4n) is 3.30. The first-order chi connectivity index (χ1) is 12.2. The van der Waals surface area contributed by atoms with E-state index < -0.39 is 0 Å². The molecule has 0 spiro atoms. The molecule has 128 valence electrons. The molecule has 2 heterocycles. The maximum absolute atomic E-state index is 6.39. The van der Waals surface area contributed by atoms with Crippen LogP contribution in [0.25, 0.3) is 22.2 Å². The molecule has 4 rings (SSSR count). The summed E-state index contributed by atoms with van der Waals surface area (Å²) >= 11 is 6.39. The van der Waals surface area contributed by atoms with E-state index in [-0.39, 0.29) is 0 Å². The number of piperidine rings is 1. The Morgan fingerprint density at radius 3 is 2.64 bits per heavy atom. The summed E-state index contributed by atoms with van der Waals surface area (Å²) < 4.78 is 5.32. The molecular formula is C20H20ClN3O. The molecule has 4 nitrogen and oxygen atoms in total. The molecule has 0 bridgehead atoms. The second-order valence-electron chi connectivity index (χ2n) is 6.33. The molecule has 2 aromatic carbocycles. The molecule has 1 saturated heterocycles. The SMILES string of the molecule is COc1ccc(Cl)c(-c2ccc3ncc(N4CCCCC4)nc3c2)c1. The van der Waals surface area contributed by atoms with Crippen molar-refractivity contribution in [3.8, 4) is 16.9 Å². The van der Waals surface area contributed by atoms with E-state index in [0.29, 0.717) is 5.02 Å². The third-order valence-electron chi connectivity index (χ3n) is 4.69. The Balaban J connectivity index is 1.76. The Morgan fingerprint density at radius 1 is 1.00 bits per heavy atom. The lowest BCUT2D eigenvalue weighted by Gasteiger charge is -2.27. The van der Waals surface area contributed by atoms with Gasteiger partial charge >= 0.3 is 0 Å². The second-order valence-corrected chi connectivity index (χ2v) is 6.73. The van der Waals surface area contributed by atoms with E-state index in [1.807, 2.05) is 36.5 Å². The summed E-state index contributed by atoms with van der Waals surface area (Å²) in [5, 5.41) is 0.695. The van der Waals surface area contributed by atoms with Crippen LogP contribution in [0.4, 0.5) is 5.82 Å². The first-order valence-electron chi connectivity index (χ1n) is 8.60. The molecule has 0 unspecified atom stereocenters. The highest BCUT2D eigenvalue weighted by molar-refractivity contribution is 6.33. The molecule has 0 amide bonds. The Labute approximate surface area is 152 Å². The first kappa shape index (κ1) is 16.2. The Morgan fingerprint density at radius 2 is 1.84 bits per heavy atom. The molecule has 25 heavy (non-hydrogen) atoms. The number of anilines is 1. The van der Waals surface area contributed by atoms with E-state index in [1.54, 1.807) is 7.11 Å². The average Bonchev–Trinajstić information content (AvgIpc) is 2.68. The number of ether oxygens (including phenoxy) is 1. The van der Waals surface area contributed by atoms with Crippen molar-refractivity contribution < 1.29 is 4.74 Å². The number of fused-ring (bicyclic) bond motifs is 1. The molecule has 3 aromatic rings. The molecule has 1 fully saturated rings. The summed E-state index contributed by atoms with van der Waals surface area (Å²) in [6.07, 6.45) is 5.63. The maximum atomic E-state index is 6.39. The van der Waals surface area contributed by atoms with E-state index in [9.17, 15) is 0 Å². The van der Waals surface area contributed by atoms with E-state index in [0.717, 1.165) is 46.8 Å². The minimum atomic E-state index is 0.695. The highest BCUT2D eigenvalue weighted by Gasteiger charge is 2.14. The van der Waals surface area contributed by atoms with E-state index >= 15 is 0 Å². The van der Waals surface area contributed by atoms with Crippen LogP contribution in [-0.4, -0.2) is 30.2 Å². The Hall–Kier alpha value is -2.33. The van der Waals surface area contributed by atoms with Gasteiger partial charge in [0.05, 0.1) is 24.3 Å². The van der Waals surface area contributed by atoms with Gasteiger partial charge in [0.2, 0.25) is 0 Å². The number of methoxy groups -OCH3 is 1. The third-order valence-corrected chi connectivity index (χ3v) is 5.02. The van der Waals surface area contributed by atoms with Crippen molar-refractivity contribution >= 4 is 28.5 Å². The van der Waals surface area contributed by atoms with Crippen molar-refractivity contribution in [3.63, 3.8) is 0 Å². The predicted molar refractivity (Wildman–Crippen MR) is 103 cm³/mol. The van der Waals surface area contributed by atoms with E-state index in [4.69, 9.17) is 21.3 Å². The van der Waals surface area contributed by atoms with Gasteiger partial charge in [-0.15, -0.1) is 0 Å². The standard InChI is InChI=1S/C20H20ClN3O/c1-25-15-6-7-17(21)16(12-15)14-5-8-18-19(11-14)23-20(13-22-18)24-9-3-2-4-10-24/h5-8,11-13H,2-4,9-10H2,1H3. The van der Waals surface area contributed by atoms with Gasteiger partial charge in [-0.25, -0.2) is 4.98 Å². The van der Waals surface area contributed by atoms with Gasteiger partial charge in [-0.2, -0.15) is 0 Å². The van der Waals surface area contributed by atoms with Gasteiger partial charge in [-0.3, -0.25) is 4.98 Å². The summed E-state index contributed by atoms with van der Waals surface area (Å²) in [6, 6.07) is 11.7. The average molecular weight is 354 g/mol. The molecule has 0 aliphatic carbocycles. The molecular weight excluding hydrogens is 334 g/mol. The lowest BCUT2D eigenvalue weighted by Crippen LogP contribution is -2.30. The highest BCUT2D eigenvalue weighted by Crippen LogP contribution is 2.33. The van der Waals surface area contributed by atoms with Crippen molar-refractivity contribution in [1.29, 1.82) is 0 Å². The maximum Gasteiger partial charge on any atom is 0.147 e. The lowest BCUT2D eigenvalue weighted by atomic mass is 10.0. The van der Waals surface area contributed by atoms with Gasteiger partial charge in [0, 0.05) is 23.7 Å². The number of halogens is 1. The van der Waals surface area contributed by atoms with Crippen molar-refractivity contribution in [2.45, 2.75) is 19.3 Å². The summed E-state index contributed by atoms with van der Waals surface area (Å²) in [5.74, 6) is 1.74. The molecule has 1 aliphatic heterocycles. The van der Waals surface area contributed by atoms with Crippen LogP contribution in [0.15, 0.2) is 42.6 Å². The quantitative estimate of drug-likeness (QED) is 0.667. The molecule has 0 atom stereocenters. The van der Waals surface area contributed by atoms with Gasteiger partial charge in [0.1, 0.15) is 11.6 Å². The zero-order chi connectivity index (χ0) is 17.2. The van der Waals surface area contributed by atoms with Crippen LogP contribution in [0.3, 0.4) is 0 Å². The van der Waals surface area contributed by atoms with Gasteiger partial charge < -0.3 is 9.64 Å². The normalized spacial score (nSPS) is 14.7. The fourth-order valence-corrected chi connectivity index (χ4v) is 3.52. The monoisotopic (exact) mass is 353 g/mol. The van der Waals surface area contributed by atoms with Crippen LogP contribution < -0.4 is 9.64 Å². The van der Waals surface area contributed by atoms with Crippen LogP contribution in [-0.2, 0) is 0 Å². The van der Waals surface area contributed by atoms with Crippen LogP contribution in [0.1, 0.15) is 19.3 Å². The van der Waals surface area contributed by atoms with Crippen molar-refractivity contribution in [2.24, 2.45) is 0 Å². The topological polar surface area (TPSA) is 38.2 Å². The number of rotatable bonds is 3. The number of hydrogen-bond donors (Lipinski definition) is 0. The Kier molecular flexibility index (Phi) is 4.45. The van der Waals surface area contributed by atoms with Gasteiger partial charge in [0.15, 0.2) is 0 Å². The van der Waals surface area contributed by atoms with Crippen molar-refractivity contribution in [3.05, 3.63) is 47.6 Å². The predicted octanol–water partition coefficient (Wildman–Crippen LogP) is 4.95. The molecule has 0 radical (unpaired) electrons. The highest BCUT2D eigenvalue weighted by atomic mass is 35.5. The van der Waals surface area contributed by atoms with Gasteiger partial charge in [0.25, 0.3) is 0 Å². The fraction of sp³-hybridized carbons (Fsp3) is 0.300. The molecule has 1 aliphatic rings. The van der Waals surface area contributed by atoms with Gasteiger partial charge in [-0.1, -0.05) is 17.7 Å². The van der Waals surface area contributed by atoms with E-state index in [2.05, 4.69) is 16.0 Å². The minimum absolute atomic E-state index is 0.695. The van der Waals surface area contributed by atoms with Gasteiger partial charge in [-0.05, 0) is 55.2 Å². The van der Waals surface area contributed by atoms with E-state index in [1.165, 1.54) is 19.3 Å². The summed E-state index contributed by atoms with van der Waals surface area (Å²) in [6.45, 7) is 2.11. The molecule has 5 heteroatoms. The molecule has 0 saturated carbocycles.